The molecule has 0 amide bonds. The topological polar surface area (TPSA) is 0 Å². The lowest BCUT2D eigenvalue weighted by molar-refractivity contribution is 0.153. The molecule has 27 heavy (non-hydrogen) atoms. The second-order valence-corrected chi connectivity index (χ2v) is 9.24. The van der Waals surface area contributed by atoms with Crippen molar-refractivity contribution in [2.45, 2.75) is 84.0 Å². The Balaban J connectivity index is 1.39. The zero-order valence-corrected chi connectivity index (χ0v) is 17.7. The van der Waals surface area contributed by atoms with Crippen LogP contribution in [0.4, 0.5) is 4.39 Å². The molecule has 150 valence electrons. The van der Waals surface area contributed by atoms with E-state index >= 15 is 0 Å². The van der Waals surface area contributed by atoms with Gasteiger partial charge in [0.25, 0.3) is 0 Å². The number of benzene rings is 1. The quantitative estimate of drug-likeness (QED) is 0.441. The molecule has 0 unspecified atom stereocenters. The first-order valence-corrected chi connectivity index (χ1v) is 11.7. The Kier molecular flexibility index (Phi) is 8.24. The number of rotatable bonds is 7. The van der Waals surface area contributed by atoms with E-state index in [4.69, 9.17) is 11.6 Å². The van der Waals surface area contributed by atoms with Gasteiger partial charge in [0.1, 0.15) is 5.82 Å². The molecule has 0 nitrogen and oxygen atoms in total. The van der Waals surface area contributed by atoms with Crippen LogP contribution in [0.15, 0.2) is 29.8 Å². The number of halogens is 2. The van der Waals surface area contributed by atoms with E-state index in [0.29, 0.717) is 0 Å². The van der Waals surface area contributed by atoms with E-state index < -0.39 is 0 Å². The molecule has 1 aromatic carbocycles. The molecule has 0 atom stereocenters. The summed E-state index contributed by atoms with van der Waals surface area (Å²) in [6, 6.07) is 5.93. The maximum atomic E-state index is 14.1. The fourth-order valence-electron chi connectivity index (χ4n) is 5.45. The first-order valence-electron chi connectivity index (χ1n) is 11.2. The van der Waals surface area contributed by atoms with Crippen molar-refractivity contribution in [1.82, 2.24) is 0 Å². The van der Waals surface area contributed by atoms with Gasteiger partial charge in [-0.1, -0.05) is 56.0 Å². The zero-order chi connectivity index (χ0) is 19.1. The third-order valence-corrected chi connectivity index (χ3v) is 7.34. The maximum absolute atomic E-state index is 14.1. The molecule has 2 fully saturated rings. The van der Waals surface area contributed by atoms with Crippen molar-refractivity contribution in [3.63, 3.8) is 0 Å². The van der Waals surface area contributed by atoms with Crippen LogP contribution in [0.2, 0.25) is 0 Å². The molecule has 2 saturated carbocycles. The molecule has 0 N–H and O–H groups in total. The summed E-state index contributed by atoms with van der Waals surface area (Å²) in [5.74, 6) is 3.46. The SMILES string of the molecule is CCCc1ccc(CCC2CCC(C3CCC(/C=C/Cl)CC3)CC2)cc1F. The van der Waals surface area contributed by atoms with Crippen molar-refractivity contribution in [2.24, 2.45) is 23.7 Å². The van der Waals surface area contributed by atoms with Crippen LogP contribution in [0, 0.1) is 29.5 Å². The first kappa shape index (κ1) is 20.9. The molecule has 1 aromatic rings. The van der Waals surface area contributed by atoms with Crippen LogP contribution in [0.1, 0.15) is 82.3 Å². The Bertz CT molecular complexity index is 592. The van der Waals surface area contributed by atoms with Gasteiger partial charge in [-0.3, -0.25) is 0 Å². The standard InChI is InChI=1S/C25H36ClF/c1-2-3-24-15-10-21(18-25(24)27)5-4-19-6-11-22(12-7-19)23-13-8-20(9-14-23)16-17-26/h10,15-20,22-23H,2-9,11-14H2,1H3/b17-16+. The van der Waals surface area contributed by atoms with E-state index in [2.05, 4.69) is 19.1 Å². The summed E-state index contributed by atoms with van der Waals surface area (Å²) in [5, 5.41) is 0. The summed E-state index contributed by atoms with van der Waals surface area (Å²) in [4.78, 5) is 0. The van der Waals surface area contributed by atoms with E-state index in [1.807, 2.05) is 6.07 Å². The van der Waals surface area contributed by atoms with Gasteiger partial charge in [0, 0.05) is 5.54 Å². The van der Waals surface area contributed by atoms with Crippen LogP contribution in [-0.4, -0.2) is 0 Å². The lowest BCUT2D eigenvalue weighted by Gasteiger charge is -2.37. The Morgan fingerprint density at radius 2 is 1.63 bits per heavy atom. The lowest BCUT2D eigenvalue weighted by Crippen LogP contribution is -2.25. The minimum absolute atomic E-state index is 0.00216. The predicted molar refractivity (Wildman–Crippen MR) is 115 cm³/mol. The number of hydrogen-bond donors (Lipinski definition) is 0. The second kappa shape index (κ2) is 10.6. The van der Waals surface area contributed by atoms with Crippen molar-refractivity contribution < 1.29 is 4.39 Å². The van der Waals surface area contributed by atoms with Gasteiger partial charge in [-0.05, 0) is 98.7 Å². The van der Waals surface area contributed by atoms with Crippen molar-refractivity contribution in [3.05, 3.63) is 46.8 Å². The average molecular weight is 391 g/mol. The average Bonchev–Trinajstić information content (AvgIpc) is 2.70. The van der Waals surface area contributed by atoms with Crippen molar-refractivity contribution in [2.75, 3.05) is 0 Å². The largest absolute Gasteiger partial charge is 0.207 e. The molecule has 2 aliphatic rings. The highest BCUT2D eigenvalue weighted by atomic mass is 35.5. The summed E-state index contributed by atoms with van der Waals surface area (Å²) < 4.78 is 14.1. The van der Waals surface area contributed by atoms with E-state index in [1.165, 1.54) is 63.4 Å². The lowest BCUT2D eigenvalue weighted by atomic mass is 9.68. The summed E-state index contributed by atoms with van der Waals surface area (Å²) in [7, 11) is 0. The number of allylic oxidation sites excluding steroid dienone is 1. The second-order valence-electron chi connectivity index (χ2n) is 8.99. The van der Waals surface area contributed by atoms with E-state index in [9.17, 15) is 4.39 Å². The van der Waals surface area contributed by atoms with Crippen LogP contribution < -0.4 is 0 Å². The number of aryl methyl sites for hydroxylation is 2. The van der Waals surface area contributed by atoms with Gasteiger partial charge >= 0.3 is 0 Å². The van der Waals surface area contributed by atoms with Crippen LogP contribution >= 0.6 is 11.6 Å². The first-order chi connectivity index (χ1) is 13.2. The summed E-state index contributed by atoms with van der Waals surface area (Å²) in [5.41, 5.74) is 3.76. The molecular formula is C25H36ClF. The molecule has 0 saturated heterocycles. The predicted octanol–water partition coefficient (Wildman–Crippen LogP) is 8.08. The summed E-state index contributed by atoms with van der Waals surface area (Å²) in [6.07, 6.45) is 17.3. The van der Waals surface area contributed by atoms with E-state index in [-0.39, 0.29) is 5.82 Å². The normalized spacial score (nSPS) is 29.3. The Morgan fingerprint density at radius 1 is 0.963 bits per heavy atom. The van der Waals surface area contributed by atoms with Gasteiger partial charge in [0.05, 0.1) is 0 Å². The van der Waals surface area contributed by atoms with Crippen LogP contribution in [0.25, 0.3) is 0 Å². The van der Waals surface area contributed by atoms with Gasteiger partial charge in [0.15, 0.2) is 0 Å². The smallest absolute Gasteiger partial charge is 0.126 e. The maximum Gasteiger partial charge on any atom is 0.126 e. The molecule has 0 aliphatic heterocycles. The van der Waals surface area contributed by atoms with Gasteiger partial charge in [0.2, 0.25) is 0 Å². The zero-order valence-electron chi connectivity index (χ0n) is 16.9. The van der Waals surface area contributed by atoms with Crippen LogP contribution in [0.3, 0.4) is 0 Å². The van der Waals surface area contributed by atoms with Gasteiger partial charge in [-0.25, -0.2) is 4.39 Å². The van der Waals surface area contributed by atoms with Crippen molar-refractivity contribution in [1.29, 1.82) is 0 Å². The highest BCUT2D eigenvalue weighted by molar-refractivity contribution is 6.25. The fourth-order valence-corrected chi connectivity index (χ4v) is 5.65. The third kappa shape index (κ3) is 6.08. The molecule has 3 rings (SSSR count). The summed E-state index contributed by atoms with van der Waals surface area (Å²) in [6.45, 7) is 2.10. The Labute approximate surface area is 170 Å². The summed E-state index contributed by atoms with van der Waals surface area (Å²) >= 11 is 5.74. The third-order valence-electron chi connectivity index (χ3n) is 7.20. The van der Waals surface area contributed by atoms with Crippen molar-refractivity contribution in [3.8, 4) is 0 Å². The van der Waals surface area contributed by atoms with E-state index in [0.717, 1.165) is 48.5 Å². The molecule has 0 heterocycles. The monoisotopic (exact) mass is 390 g/mol. The minimum Gasteiger partial charge on any atom is -0.207 e. The van der Waals surface area contributed by atoms with Crippen molar-refractivity contribution >= 4 is 11.6 Å². The minimum atomic E-state index is -0.00216. The molecule has 0 aromatic heterocycles. The van der Waals surface area contributed by atoms with Crippen LogP contribution in [0.5, 0.6) is 0 Å². The fraction of sp³-hybridized carbons (Fsp3) is 0.680. The van der Waals surface area contributed by atoms with Crippen LogP contribution in [-0.2, 0) is 12.8 Å². The highest BCUT2D eigenvalue weighted by Crippen LogP contribution is 2.42. The highest BCUT2D eigenvalue weighted by Gasteiger charge is 2.30. The van der Waals surface area contributed by atoms with Gasteiger partial charge in [-0.15, -0.1) is 0 Å². The van der Waals surface area contributed by atoms with E-state index in [1.54, 1.807) is 11.6 Å². The molecule has 0 spiro atoms. The molecular weight excluding hydrogens is 355 g/mol. The molecule has 2 aliphatic carbocycles. The van der Waals surface area contributed by atoms with Gasteiger partial charge in [-0.2, -0.15) is 0 Å². The molecule has 0 radical (unpaired) electrons. The molecule has 0 bridgehead atoms. The van der Waals surface area contributed by atoms with Gasteiger partial charge < -0.3 is 0 Å². The Morgan fingerprint density at radius 3 is 2.22 bits per heavy atom. The Hall–Kier alpha value is -0.820. The molecule has 2 heteroatoms. The number of hydrogen-bond acceptors (Lipinski definition) is 0.